The molecule has 0 saturated carbocycles. The Balaban J connectivity index is 2.02. The van der Waals surface area contributed by atoms with Gasteiger partial charge in [-0.2, -0.15) is 0 Å². The fourth-order valence-corrected chi connectivity index (χ4v) is 2.87. The van der Waals surface area contributed by atoms with E-state index in [-0.39, 0.29) is 0 Å². The highest BCUT2D eigenvalue weighted by molar-refractivity contribution is 7.13. The van der Waals surface area contributed by atoms with Crippen molar-refractivity contribution in [1.82, 2.24) is 9.97 Å². The first-order chi connectivity index (χ1) is 8.86. The van der Waals surface area contributed by atoms with Crippen LogP contribution in [0, 0.1) is 0 Å². The summed E-state index contributed by atoms with van der Waals surface area (Å²) in [5.74, 6) is 0. The summed E-state index contributed by atoms with van der Waals surface area (Å²) in [6.07, 6.45) is 4.03. The molecule has 0 amide bonds. The topological polar surface area (TPSA) is 25.8 Å². The molecule has 3 rings (SSSR count). The first kappa shape index (κ1) is 11.4. The van der Waals surface area contributed by atoms with E-state index < -0.39 is 0 Å². The molecule has 0 fully saturated rings. The first-order valence-electron chi connectivity index (χ1n) is 6.16. The lowest BCUT2D eigenvalue weighted by Gasteiger charge is -1.99. The number of benzene rings is 1. The Kier molecular flexibility index (Phi) is 3.07. The number of hydrogen-bond donors (Lipinski definition) is 0. The van der Waals surface area contributed by atoms with Gasteiger partial charge in [-0.1, -0.05) is 19.4 Å². The number of fused-ring (bicyclic) bond motifs is 1. The van der Waals surface area contributed by atoms with Gasteiger partial charge in [0.05, 0.1) is 11.2 Å². The fraction of sp³-hybridized carbons (Fsp3) is 0.200. The first-order valence-corrected chi connectivity index (χ1v) is 7.04. The van der Waals surface area contributed by atoms with Crippen LogP contribution in [0.15, 0.2) is 41.9 Å². The highest BCUT2D eigenvalue weighted by Crippen LogP contribution is 2.26. The Morgan fingerprint density at radius 2 is 2.17 bits per heavy atom. The molecule has 2 heterocycles. The summed E-state index contributed by atoms with van der Waals surface area (Å²) >= 11 is 1.72. The van der Waals surface area contributed by atoms with E-state index in [4.69, 9.17) is 0 Å². The number of pyridine rings is 1. The zero-order valence-electron chi connectivity index (χ0n) is 10.3. The highest BCUT2D eigenvalue weighted by atomic mass is 32.1. The molecule has 18 heavy (non-hydrogen) atoms. The molecule has 0 unspecified atom stereocenters. The predicted octanol–water partition coefficient (Wildman–Crippen LogP) is 4.31. The van der Waals surface area contributed by atoms with Crippen molar-refractivity contribution in [2.75, 3.05) is 0 Å². The van der Waals surface area contributed by atoms with Crippen molar-refractivity contribution in [2.24, 2.45) is 0 Å². The van der Waals surface area contributed by atoms with Gasteiger partial charge < -0.3 is 0 Å². The van der Waals surface area contributed by atoms with Crippen molar-refractivity contribution in [3.63, 3.8) is 0 Å². The molecule has 90 valence electrons. The lowest BCUT2D eigenvalue weighted by molar-refractivity contribution is 0.894. The molecule has 2 aromatic heterocycles. The van der Waals surface area contributed by atoms with Crippen molar-refractivity contribution in [2.45, 2.75) is 19.8 Å². The Morgan fingerprint density at radius 3 is 3.06 bits per heavy atom. The highest BCUT2D eigenvalue weighted by Gasteiger charge is 2.05. The average Bonchev–Trinajstić information content (AvgIpc) is 2.87. The third-order valence-corrected chi connectivity index (χ3v) is 3.85. The summed E-state index contributed by atoms with van der Waals surface area (Å²) in [7, 11) is 0. The van der Waals surface area contributed by atoms with Gasteiger partial charge in [0.1, 0.15) is 5.01 Å². The van der Waals surface area contributed by atoms with E-state index in [0.29, 0.717) is 0 Å². The number of rotatable bonds is 3. The van der Waals surface area contributed by atoms with Crippen LogP contribution in [-0.4, -0.2) is 9.97 Å². The second-order valence-electron chi connectivity index (χ2n) is 4.30. The molecule has 3 heteroatoms. The van der Waals surface area contributed by atoms with Gasteiger partial charge in [-0.15, -0.1) is 11.3 Å². The minimum atomic E-state index is 1.03. The Labute approximate surface area is 110 Å². The maximum absolute atomic E-state index is 4.68. The summed E-state index contributed by atoms with van der Waals surface area (Å²) in [6.45, 7) is 2.18. The van der Waals surface area contributed by atoms with Gasteiger partial charge in [-0.3, -0.25) is 4.98 Å². The molecule has 0 aliphatic carbocycles. The van der Waals surface area contributed by atoms with Crippen LogP contribution < -0.4 is 0 Å². The van der Waals surface area contributed by atoms with Crippen LogP contribution in [0.3, 0.4) is 0 Å². The maximum atomic E-state index is 4.68. The average molecular weight is 254 g/mol. The minimum Gasteiger partial charge on any atom is -0.256 e. The largest absolute Gasteiger partial charge is 0.256 e. The second kappa shape index (κ2) is 4.86. The molecule has 0 saturated heterocycles. The third kappa shape index (κ3) is 2.14. The molecule has 1 aromatic carbocycles. The quantitative estimate of drug-likeness (QED) is 0.696. The molecule has 0 bridgehead atoms. The summed E-state index contributed by atoms with van der Waals surface area (Å²) in [4.78, 5) is 9.01. The van der Waals surface area contributed by atoms with Gasteiger partial charge in [-0.25, -0.2) is 4.98 Å². The zero-order chi connectivity index (χ0) is 12.4. The molecule has 0 radical (unpaired) electrons. The maximum Gasteiger partial charge on any atom is 0.123 e. The zero-order valence-corrected chi connectivity index (χ0v) is 11.1. The van der Waals surface area contributed by atoms with Crippen LogP contribution in [0.4, 0.5) is 0 Å². The van der Waals surface area contributed by atoms with Gasteiger partial charge in [0.25, 0.3) is 0 Å². The summed E-state index contributed by atoms with van der Waals surface area (Å²) < 4.78 is 0. The Hall–Kier alpha value is -1.74. The fourth-order valence-electron chi connectivity index (χ4n) is 2.02. The van der Waals surface area contributed by atoms with Crippen LogP contribution >= 0.6 is 11.3 Å². The molecular formula is C15H14N2S. The van der Waals surface area contributed by atoms with Gasteiger partial charge >= 0.3 is 0 Å². The van der Waals surface area contributed by atoms with Gasteiger partial charge in [-0.05, 0) is 30.7 Å². The Bertz CT molecular complexity index is 673. The SMILES string of the molecule is CCCc1csc(-c2ccc3ncccc3c2)n1. The molecule has 0 N–H and O–H groups in total. The molecule has 0 aliphatic heterocycles. The van der Waals surface area contributed by atoms with E-state index in [9.17, 15) is 0 Å². The van der Waals surface area contributed by atoms with E-state index in [0.717, 1.165) is 23.4 Å². The van der Waals surface area contributed by atoms with Crippen LogP contribution in [0.2, 0.25) is 0 Å². The molecule has 2 nitrogen and oxygen atoms in total. The lowest BCUT2D eigenvalue weighted by Crippen LogP contribution is -1.84. The van der Waals surface area contributed by atoms with E-state index in [1.807, 2.05) is 12.3 Å². The van der Waals surface area contributed by atoms with E-state index in [2.05, 4.69) is 46.5 Å². The van der Waals surface area contributed by atoms with Crippen molar-refractivity contribution in [1.29, 1.82) is 0 Å². The van der Waals surface area contributed by atoms with Crippen molar-refractivity contribution < 1.29 is 0 Å². The van der Waals surface area contributed by atoms with Gasteiger partial charge in [0, 0.05) is 22.5 Å². The number of aryl methyl sites for hydroxylation is 1. The predicted molar refractivity (Wildman–Crippen MR) is 76.8 cm³/mol. The van der Waals surface area contributed by atoms with Crippen molar-refractivity contribution in [3.05, 3.63) is 47.6 Å². The van der Waals surface area contributed by atoms with Crippen molar-refractivity contribution >= 4 is 22.2 Å². The minimum absolute atomic E-state index is 1.03. The van der Waals surface area contributed by atoms with E-state index >= 15 is 0 Å². The number of aromatic nitrogens is 2. The number of hydrogen-bond acceptors (Lipinski definition) is 3. The smallest absolute Gasteiger partial charge is 0.123 e. The molecule has 3 aromatic rings. The van der Waals surface area contributed by atoms with Gasteiger partial charge in [0.15, 0.2) is 0 Å². The lowest BCUT2D eigenvalue weighted by atomic mass is 10.1. The van der Waals surface area contributed by atoms with Crippen LogP contribution in [0.5, 0.6) is 0 Å². The van der Waals surface area contributed by atoms with Crippen LogP contribution in [0.25, 0.3) is 21.5 Å². The standard InChI is InChI=1S/C15H14N2S/c1-2-4-13-10-18-15(17-13)12-6-7-14-11(9-12)5-3-8-16-14/h3,5-10H,2,4H2,1H3. The van der Waals surface area contributed by atoms with Crippen LogP contribution in [-0.2, 0) is 6.42 Å². The van der Waals surface area contributed by atoms with E-state index in [1.165, 1.54) is 16.6 Å². The molecule has 0 atom stereocenters. The summed E-state index contributed by atoms with van der Waals surface area (Å²) in [5.41, 5.74) is 3.42. The molecule has 0 spiro atoms. The second-order valence-corrected chi connectivity index (χ2v) is 5.16. The van der Waals surface area contributed by atoms with Crippen LogP contribution in [0.1, 0.15) is 19.0 Å². The summed E-state index contributed by atoms with van der Waals surface area (Å²) in [5, 5.41) is 4.43. The monoisotopic (exact) mass is 254 g/mol. The third-order valence-electron chi connectivity index (χ3n) is 2.91. The molecule has 0 aliphatic rings. The number of thiazole rings is 1. The number of nitrogens with zero attached hydrogens (tertiary/aromatic N) is 2. The van der Waals surface area contributed by atoms with E-state index in [1.54, 1.807) is 11.3 Å². The van der Waals surface area contributed by atoms with Gasteiger partial charge in [0.2, 0.25) is 0 Å². The van der Waals surface area contributed by atoms with Crippen molar-refractivity contribution in [3.8, 4) is 10.6 Å². The summed E-state index contributed by atoms with van der Waals surface area (Å²) in [6, 6.07) is 10.4. The molecular weight excluding hydrogens is 240 g/mol. The normalized spacial score (nSPS) is 10.9. The Morgan fingerprint density at radius 1 is 1.22 bits per heavy atom.